The first-order valence-electron chi connectivity index (χ1n) is 7.10. The van der Waals surface area contributed by atoms with Crippen LogP contribution < -0.4 is 20.3 Å². The highest BCUT2D eigenvalue weighted by Crippen LogP contribution is 2.17. The smallest absolute Gasteiger partial charge is 0.276 e. The second-order valence-electron chi connectivity index (χ2n) is 4.77. The van der Waals surface area contributed by atoms with Gasteiger partial charge in [-0.1, -0.05) is 0 Å². The standard InChI is InChI=1S/C16H15N3O6/c1-24-13-6-2-11(3-7-13)16(21)18-17-15(20)10-25-14-8-4-12(5-9-14)19(22)23/h2-9H,10H2,1H3,(H,17,20)(H,18,21). The molecule has 9 heteroatoms. The van der Waals surface area contributed by atoms with Crippen LogP contribution in [0.3, 0.4) is 0 Å². The average Bonchev–Trinajstić information content (AvgIpc) is 2.64. The summed E-state index contributed by atoms with van der Waals surface area (Å²) in [6, 6.07) is 11.6. The van der Waals surface area contributed by atoms with E-state index in [1.165, 1.54) is 31.4 Å². The van der Waals surface area contributed by atoms with Gasteiger partial charge in [-0.25, -0.2) is 0 Å². The molecule has 0 bridgehead atoms. The lowest BCUT2D eigenvalue weighted by molar-refractivity contribution is -0.384. The van der Waals surface area contributed by atoms with Crippen molar-refractivity contribution in [3.63, 3.8) is 0 Å². The highest BCUT2D eigenvalue weighted by atomic mass is 16.6. The molecule has 0 unspecified atom stereocenters. The number of carbonyl (C=O) groups excluding carboxylic acids is 2. The molecule has 0 aliphatic heterocycles. The Balaban J connectivity index is 1.77. The van der Waals surface area contributed by atoms with Gasteiger partial charge in [-0.3, -0.25) is 30.6 Å². The van der Waals surface area contributed by atoms with Crippen LogP contribution in [0.1, 0.15) is 10.4 Å². The molecule has 25 heavy (non-hydrogen) atoms. The number of hydrogen-bond donors (Lipinski definition) is 2. The predicted octanol–water partition coefficient (Wildman–Crippen LogP) is 1.44. The minimum absolute atomic E-state index is 0.0800. The average molecular weight is 345 g/mol. The van der Waals surface area contributed by atoms with Gasteiger partial charge in [-0.15, -0.1) is 0 Å². The van der Waals surface area contributed by atoms with Gasteiger partial charge in [0.15, 0.2) is 6.61 Å². The van der Waals surface area contributed by atoms with E-state index < -0.39 is 16.7 Å². The van der Waals surface area contributed by atoms with E-state index in [9.17, 15) is 19.7 Å². The van der Waals surface area contributed by atoms with Crippen LogP contribution in [0.15, 0.2) is 48.5 Å². The normalized spacial score (nSPS) is 9.80. The minimum atomic E-state index is -0.583. The fraction of sp³-hybridized carbons (Fsp3) is 0.125. The van der Waals surface area contributed by atoms with Gasteiger partial charge in [0.2, 0.25) is 0 Å². The summed E-state index contributed by atoms with van der Waals surface area (Å²) in [5, 5.41) is 10.5. The van der Waals surface area contributed by atoms with Crippen LogP contribution >= 0.6 is 0 Å². The lowest BCUT2D eigenvalue weighted by Gasteiger charge is -2.09. The van der Waals surface area contributed by atoms with Crippen molar-refractivity contribution in [1.29, 1.82) is 0 Å². The maximum Gasteiger partial charge on any atom is 0.276 e. The van der Waals surface area contributed by atoms with E-state index in [-0.39, 0.29) is 12.3 Å². The second kappa shape index (κ2) is 8.29. The summed E-state index contributed by atoms with van der Waals surface area (Å²) >= 11 is 0. The Morgan fingerprint density at radius 2 is 1.60 bits per heavy atom. The van der Waals surface area contributed by atoms with Gasteiger partial charge in [-0.05, 0) is 36.4 Å². The van der Waals surface area contributed by atoms with Crippen molar-refractivity contribution in [1.82, 2.24) is 10.9 Å². The molecule has 0 spiro atoms. The molecule has 0 aliphatic rings. The number of nitrogens with one attached hydrogen (secondary N) is 2. The molecule has 0 heterocycles. The molecule has 0 aliphatic carbocycles. The molecule has 0 aromatic heterocycles. The summed E-state index contributed by atoms with van der Waals surface area (Å²) < 4.78 is 10.2. The number of hydrogen-bond acceptors (Lipinski definition) is 6. The van der Waals surface area contributed by atoms with Gasteiger partial charge in [0.25, 0.3) is 17.5 Å². The van der Waals surface area contributed by atoms with Crippen LogP contribution in [0.4, 0.5) is 5.69 Å². The number of nitro benzene ring substituents is 1. The highest BCUT2D eigenvalue weighted by molar-refractivity contribution is 5.95. The molecule has 2 aromatic carbocycles. The summed E-state index contributed by atoms with van der Waals surface area (Å²) in [4.78, 5) is 33.5. The van der Waals surface area contributed by atoms with Gasteiger partial charge < -0.3 is 9.47 Å². The fourth-order valence-corrected chi connectivity index (χ4v) is 1.79. The van der Waals surface area contributed by atoms with Gasteiger partial charge in [0.1, 0.15) is 11.5 Å². The number of hydrazine groups is 1. The van der Waals surface area contributed by atoms with E-state index in [2.05, 4.69) is 10.9 Å². The number of benzene rings is 2. The third-order valence-corrected chi connectivity index (χ3v) is 3.09. The summed E-state index contributed by atoms with van der Waals surface area (Å²) in [5.41, 5.74) is 4.72. The predicted molar refractivity (Wildman–Crippen MR) is 87.2 cm³/mol. The van der Waals surface area contributed by atoms with Gasteiger partial charge in [0.05, 0.1) is 12.0 Å². The zero-order valence-electron chi connectivity index (χ0n) is 13.2. The largest absolute Gasteiger partial charge is 0.497 e. The molecule has 2 aromatic rings. The molecular formula is C16H15N3O6. The molecule has 2 N–H and O–H groups in total. The van der Waals surface area contributed by atoms with Crippen LogP contribution in [0.5, 0.6) is 11.5 Å². The van der Waals surface area contributed by atoms with E-state index >= 15 is 0 Å². The lowest BCUT2D eigenvalue weighted by Crippen LogP contribution is -2.43. The quantitative estimate of drug-likeness (QED) is 0.604. The maximum absolute atomic E-state index is 11.9. The van der Waals surface area contributed by atoms with Crippen molar-refractivity contribution in [3.8, 4) is 11.5 Å². The Morgan fingerprint density at radius 3 is 2.16 bits per heavy atom. The van der Waals surface area contributed by atoms with E-state index in [1.54, 1.807) is 24.3 Å². The van der Waals surface area contributed by atoms with Crippen LogP contribution in [0.2, 0.25) is 0 Å². The SMILES string of the molecule is COc1ccc(C(=O)NNC(=O)COc2ccc([N+](=O)[O-])cc2)cc1. The number of nitrogens with zero attached hydrogens (tertiary/aromatic N) is 1. The first-order chi connectivity index (χ1) is 12.0. The number of non-ortho nitro benzene ring substituents is 1. The number of amides is 2. The number of nitro groups is 1. The summed E-state index contributed by atoms with van der Waals surface area (Å²) in [7, 11) is 1.51. The van der Waals surface area contributed by atoms with E-state index in [1.807, 2.05) is 0 Å². The van der Waals surface area contributed by atoms with Gasteiger partial charge >= 0.3 is 0 Å². The van der Waals surface area contributed by atoms with Crippen molar-refractivity contribution in [3.05, 3.63) is 64.2 Å². The number of methoxy groups -OCH3 is 1. The lowest BCUT2D eigenvalue weighted by atomic mass is 10.2. The van der Waals surface area contributed by atoms with Crippen molar-refractivity contribution >= 4 is 17.5 Å². The molecule has 9 nitrogen and oxygen atoms in total. The highest BCUT2D eigenvalue weighted by Gasteiger charge is 2.09. The molecule has 0 radical (unpaired) electrons. The molecular weight excluding hydrogens is 330 g/mol. The van der Waals surface area contributed by atoms with E-state index in [0.717, 1.165) is 0 Å². The Bertz CT molecular complexity index is 758. The number of ether oxygens (including phenoxy) is 2. The third-order valence-electron chi connectivity index (χ3n) is 3.09. The summed E-state index contributed by atoms with van der Waals surface area (Å²) in [6.45, 7) is -0.360. The monoisotopic (exact) mass is 345 g/mol. The number of rotatable bonds is 6. The second-order valence-corrected chi connectivity index (χ2v) is 4.77. The summed E-state index contributed by atoms with van der Waals surface area (Å²) in [6.07, 6.45) is 0. The fourth-order valence-electron chi connectivity index (χ4n) is 1.79. The molecule has 2 amide bonds. The summed E-state index contributed by atoms with van der Waals surface area (Å²) in [5.74, 6) is -0.175. The zero-order chi connectivity index (χ0) is 18.2. The number of carbonyl (C=O) groups is 2. The Morgan fingerprint density at radius 1 is 1.00 bits per heavy atom. The Kier molecular flexibility index (Phi) is 5.88. The molecule has 0 fully saturated rings. The third kappa shape index (κ3) is 5.20. The topological polar surface area (TPSA) is 120 Å². The molecule has 0 saturated carbocycles. The molecule has 2 rings (SSSR count). The molecule has 0 atom stereocenters. The van der Waals surface area contributed by atoms with E-state index in [0.29, 0.717) is 17.1 Å². The minimum Gasteiger partial charge on any atom is -0.497 e. The Hall–Kier alpha value is -3.62. The van der Waals surface area contributed by atoms with Gasteiger partial charge in [0, 0.05) is 17.7 Å². The maximum atomic E-state index is 11.9. The molecule has 130 valence electrons. The van der Waals surface area contributed by atoms with Crippen molar-refractivity contribution in [2.45, 2.75) is 0 Å². The zero-order valence-corrected chi connectivity index (χ0v) is 13.2. The molecule has 0 saturated heterocycles. The first kappa shape index (κ1) is 17.7. The van der Waals surface area contributed by atoms with E-state index in [4.69, 9.17) is 9.47 Å². The first-order valence-corrected chi connectivity index (χ1v) is 7.10. The van der Waals surface area contributed by atoms with Crippen LogP contribution in [0, 0.1) is 10.1 Å². The van der Waals surface area contributed by atoms with Gasteiger partial charge in [-0.2, -0.15) is 0 Å². The van der Waals surface area contributed by atoms with Crippen molar-refractivity contribution in [2.75, 3.05) is 13.7 Å². The Labute approximate surface area is 142 Å². The van der Waals surface area contributed by atoms with Crippen LogP contribution in [-0.4, -0.2) is 30.5 Å². The van der Waals surface area contributed by atoms with Crippen LogP contribution in [-0.2, 0) is 4.79 Å². The van der Waals surface area contributed by atoms with Crippen LogP contribution in [0.25, 0.3) is 0 Å². The van der Waals surface area contributed by atoms with Crippen molar-refractivity contribution in [2.24, 2.45) is 0 Å². The van der Waals surface area contributed by atoms with Crippen molar-refractivity contribution < 1.29 is 24.0 Å².